The van der Waals surface area contributed by atoms with Crippen molar-refractivity contribution in [3.05, 3.63) is 29.8 Å². The van der Waals surface area contributed by atoms with Crippen LogP contribution in [0.15, 0.2) is 29.2 Å². The van der Waals surface area contributed by atoms with E-state index in [9.17, 15) is 23.1 Å². The van der Waals surface area contributed by atoms with E-state index in [0.717, 1.165) is 12.8 Å². The van der Waals surface area contributed by atoms with Crippen LogP contribution in [-0.2, 0) is 14.8 Å². The molecule has 1 fully saturated rings. The first-order chi connectivity index (χ1) is 12.3. The molecule has 0 saturated carbocycles. The van der Waals surface area contributed by atoms with Crippen LogP contribution >= 0.6 is 0 Å². The summed E-state index contributed by atoms with van der Waals surface area (Å²) >= 11 is 0. The number of carbonyl (C=O) groups excluding carboxylic acids is 1. The fourth-order valence-electron chi connectivity index (χ4n) is 3.20. The molecular formula is C18H26N2O5S. The highest BCUT2D eigenvalue weighted by Crippen LogP contribution is 2.22. The van der Waals surface area contributed by atoms with Gasteiger partial charge in [-0.25, -0.2) is 13.2 Å². The number of hydrogen-bond acceptors (Lipinski definition) is 4. The molecule has 0 aliphatic carbocycles. The second-order valence-electron chi connectivity index (χ2n) is 6.42. The smallest absolute Gasteiger partial charge is 0.326 e. The second kappa shape index (κ2) is 8.64. The molecule has 1 aromatic carbocycles. The first kappa shape index (κ1) is 20.4. The van der Waals surface area contributed by atoms with Crippen LogP contribution in [0.3, 0.4) is 0 Å². The Morgan fingerprint density at radius 3 is 2.23 bits per heavy atom. The van der Waals surface area contributed by atoms with Crippen LogP contribution in [0.25, 0.3) is 0 Å². The maximum atomic E-state index is 12.7. The number of hydrogen-bond donors (Lipinski definition) is 1. The van der Waals surface area contributed by atoms with Crippen molar-refractivity contribution in [1.29, 1.82) is 0 Å². The first-order valence-corrected chi connectivity index (χ1v) is 10.4. The van der Waals surface area contributed by atoms with E-state index < -0.39 is 22.0 Å². The lowest BCUT2D eigenvalue weighted by molar-refractivity contribution is -0.141. The fourth-order valence-corrected chi connectivity index (χ4v) is 4.83. The van der Waals surface area contributed by atoms with Crippen molar-refractivity contribution in [2.24, 2.45) is 0 Å². The van der Waals surface area contributed by atoms with Gasteiger partial charge < -0.3 is 10.0 Å². The number of carbonyl (C=O) groups is 2. The number of carboxylic acids is 1. The van der Waals surface area contributed by atoms with E-state index in [0.29, 0.717) is 38.0 Å². The topological polar surface area (TPSA) is 95.0 Å². The van der Waals surface area contributed by atoms with Gasteiger partial charge >= 0.3 is 5.97 Å². The van der Waals surface area contributed by atoms with Crippen molar-refractivity contribution in [2.45, 2.75) is 50.5 Å². The Bertz CT molecular complexity index is 739. The summed E-state index contributed by atoms with van der Waals surface area (Å²) in [5.74, 6) is -1.39. The summed E-state index contributed by atoms with van der Waals surface area (Å²) < 4.78 is 26.9. The minimum Gasteiger partial charge on any atom is -0.480 e. The molecule has 2 rings (SSSR count). The molecule has 0 bridgehead atoms. The van der Waals surface area contributed by atoms with Gasteiger partial charge in [0.1, 0.15) is 6.04 Å². The highest BCUT2D eigenvalue weighted by atomic mass is 32.2. The van der Waals surface area contributed by atoms with Gasteiger partial charge in [-0.15, -0.1) is 0 Å². The second-order valence-corrected chi connectivity index (χ2v) is 8.36. The van der Waals surface area contributed by atoms with Crippen LogP contribution in [0.4, 0.5) is 0 Å². The zero-order valence-electron chi connectivity index (χ0n) is 15.2. The van der Waals surface area contributed by atoms with Gasteiger partial charge in [-0.2, -0.15) is 4.31 Å². The Morgan fingerprint density at radius 2 is 1.73 bits per heavy atom. The van der Waals surface area contributed by atoms with Gasteiger partial charge in [0.25, 0.3) is 5.91 Å². The average molecular weight is 382 g/mol. The van der Waals surface area contributed by atoms with E-state index in [-0.39, 0.29) is 10.8 Å². The number of benzene rings is 1. The maximum absolute atomic E-state index is 12.7. The molecule has 144 valence electrons. The van der Waals surface area contributed by atoms with E-state index in [2.05, 4.69) is 0 Å². The molecule has 0 spiro atoms. The highest BCUT2D eigenvalue weighted by Gasteiger charge is 2.34. The van der Waals surface area contributed by atoms with Gasteiger partial charge in [-0.1, -0.05) is 13.8 Å². The normalized spacial score (nSPS) is 17.7. The summed E-state index contributed by atoms with van der Waals surface area (Å²) in [6.45, 7) is 5.15. The van der Waals surface area contributed by atoms with Crippen molar-refractivity contribution in [1.82, 2.24) is 9.21 Å². The largest absolute Gasteiger partial charge is 0.480 e. The van der Waals surface area contributed by atoms with E-state index in [4.69, 9.17) is 0 Å². The molecule has 1 aromatic rings. The molecule has 1 amide bonds. The number of sulfonamides is 1. The zero-order chi connectivity index (χ0) is 19.3. The maximum Gasteiger partial charge on any atom is 0.326 e. The van der Waals surface area contributed by atoms with Crippen molar-refractivity contribution < 1.29 is 23.1 Å². The van der Waals surface area contributed by atoms with Gasteiger partial charge in [0.05, 0.1) is 4.90 Å². The SMILES string of the molecule is CCCN(CCC)S(=O)(=O)c1ccc(C(=O)N2CCC[C@H]2C(=O)O)cc1. The number of rotatable bonds is 8. The van der Waals surface area contributed by atoms with Crippen molar-refractivity contribution in [3.63, 3.8) is 0 Å². The Kier molecular flexibility index (Phi) is 6.77. The molecule has 1 atom stereocenters. The van der Waals surface area contributed by atoms with Crippen LogP contribution in [0.1, 0.15) is 49.9 Å². The zero-order valence-corrected chi connectivity index (χ0v) is 16.0. The lowest BCUT2D eigenvalue weighted by Gasteiger charge is -2.22. The predicted octanol–water partition coefficient (Wildman–Crippen LogP) is 2.19. The number of carboxylic acid groups (broad SMARTS) is 1. The van der Waals surface area contributed by atoms with Crippen LogP contribution in [0, 0.1) is 0 Å². The summed E-state index contributed by atoms with van der Waals surface area (Å²) in [6, 6.07) is 4.96. The quantitative estimate of drug-likeness (QED) is 0.744. The Hall–Kier alpha value is -1.93. The number of likely N-dealkylation sites (tertiary alicyclic amines) is 1. The average Bonchev–Trinajstić information content (AvgIpc) is 3.11. The molecule has 0 aromatic heterocycles. The van der Waals surface area contributed by atoms with Gasteiger partial charge in [0, 0.05) is 25.2 Å². The number of aliphatic carboxylic acids is 1. The number of nitrogens with zero attached hydrogens (tertiary/aromatic N) is 2. The summed E-state index contributed by atoms with van der Waals surface area (Å²) in [6.07, 6.45) is 2.54. The minimum absolute atomic E-state index is 0.146. The number of amides is 1. The van der Waals surface area contributed by atoms with Crippen LogP contribution in [-0.4, -0.2) is 60.3 Å². The fraction of sp³-hybridized carbons (Fsp3) is 0.556. The molecule has 0 unspecified atom stereocenters. The molecule has 1 N–H and O–H groups in total. The summed E-state index contributed by atoms with van der Waals surface area (Å²) in [7, 11) is -3.60. The van der Waals surface area contributed by atoms with Crippen LogP contribution in [0.5, 0.6) is 0 Å². The third-order valence-electron chi connectivity index (χ3n) is 4.48. The molecule has 8 heteroatoms. The molecule has 1 heterocycles. The third kappa shape index (κ3) is 4.24. The molecule has 0 radical (unpaired) electrons. The van der Waals surface area contributed by atoms with Crippen molar-refractivity contribution >= 4 is 21.9 Å². The van der Waals surface area contributed by atoms with Gasteiger partial charge in [-0.3, -0.25) is 4.79 Å². The third-order valence-corrected chi connectivity index (χ3v) is 6.40. The lowest BCUT2D eigenvalue weighted by Crippen LogP contribution is -2.40. The molecule has 7 nitrogen and oxygen atoms in total. The molecule has 26 heavy (non-hydrogen) atoms. The van der Waals surface area contributed by atoms with Crippen molar-refractivity contribution in [3.8, 4) is 0 Å². The van der Waals surface area contributed by atoms with Crippen molar-refractivity contribution in [2.75, 3.05) is 19.6 Å². The van der Waals surface area contributed by atoms with Gasteiger partial charge in [-0.05, 0) is 49.9 Å². The van der Waals surface area contributed by atoms with E-state index in [1.165, 1.54) is 33.5 Å². The van der Waals surface area contributed by atoms with E-state index in [1.54, 1.807) is 0 Å². The molecular weight excluding hydrogens is 356 g/mol. The predicted molar refractivity (Wildman–Crippen MR) is 97.5 cm³/mol. The molecule has 1 aliphatic rings. The van der Waals surface area contributed by atoms with E-state index >= 15 is 0 Å². The minimum atomic E-state index is -3.60. The molecule has 1 aliphatic heterocycles. The summed E-state index contributed by atoms with van der Waals surface area (Å²) in [4.78, 5) is 25.3. The Labute approximate surface area is 154 Å². The van der Waals surface area contributed by atoms with Gasteiger partial charge in [0.2, 0.25) is 10.0 Å². The van der Waals surface area contributed by atoms with E-state index in [1.807, 2.05) is 13.8 Å². The Morgan fingerprint density at radius 1 is 1.15 bits per heavy atom. The van der Waals surface area contributed by atoms with Gasteiger partial charge in [0.15, 0.2) is 0 Å². The lowest BCUT2D eigenvalue weighted by atomic mass is 10.1. The highest BCUT2D eigenvalue weighted by molar-refractivity contribution is 7.89. The standard InChI is InChI=1S/C18H26N2O5S/c1-3-11-19(12-4-2)26(24,25)15-9-7-14(8-10-15)17(21)20-13-5-6-16(20)18(22)23/h7-10,16H,3-6,11-13H2,1-2H3,(H,22,23)/t16-/m0/s1. The summed E-state index contributed by atoms with van der Waals surface area (Å²) in [5.41, 5.74) is 0.301. The monoisotopic (exact) mass is 382 g/mol. The van der Waals surface area contributed by atoms with Crippen LogP contribution < -0.4 is 0 Å². The summed E-state index contributed by atoms with van der Waals surface area (Å²) in [5, 5.41) is 9.21. The Balaban J connectivity index is 2.22. The first-order valence-electron chi connectivity index (χ1n) is 8.96. The molecule has 1 saturated heterocycles. The van der Waals surface area contributed by atoms with Crippen LogP contribution in [0.2, 0.25) is 0 Å².